The van der Waals surface area contributed by atoms with Crippen LogP contribution in [0.15, 0.2) is 71.6 Å². The standard InChI is InChI=1S/C25H20N2O4S.C2HF3O2/c1-14-3-4-18(11-15(14)2)16-5-7-17(8-6-16)25-26-21-10-9-19-12-20(32(29,30)31)13-22(28)23(19)24(21)27-25;3-2(4,5)1(6)7/h3-13,28H,1-2H3,(H,26,27)(H,29,30,31);(H,6,7). The Labute approximate surface area is 220 Å². The van der Waals surface area contributed by atoms with Gasteiger partial charge in [-0.05, 0) is 53.6 Å². The molecule has 0 saturated carbocycles. The number of H-pyrrole nitrogens is 1. The minimum absolute atomic E-state index is 0.260. The Kier molecular flexibility index (Phi) is 7.11. The van der Waals surface area contributed by atoms with Gasteiger partial charge in [-0.2, -0.15) is 21.6 Å². The van der Waals surface area contributed by atoms with Crippen molar-refractivity contribution in [1.29, 1.82) is 0 Å². The van der Waals surface area contributed by atoms with Crippen LogP contribution in [-0.4, -0.2) is 45.3 Å². The molecule has 0 aliphatic carbocycles. The third kappa shape index (κ3) is 5.86. The second-order valence-electron chi connectivity index (χ2n) is 8.74. The number of nitrogens with zero attached hydrogens (tertiary/aromatic N) is 1. The monoisotopic (exact) mass is 558 g/mol. The van der Waals surface area contributed by atoms with Gasteiger partial charge in [-0.25, -0.2) is 9.78 Å². The van der Waals surface area contributed by atoms with Crippen LogP contribution in [-0.2, 0) is 14.9 Å². The summed E-state index contributed by atoms with van der Waals surface area (Å²) in [6, 6.07) is 20.2. The molecule has 0 saturated heterocycles. The molecule has 1 aromatic heterocycles. The normalized spacial score (nSPS) is 11.8. The topological polar surface area (TPSA) is 141 Å². The number of nitrogens with one attached hydrogen (secondary N) is 1. The third-order valence-electron chi connectivity index (χ3n) is 6.06. The molecule has 0 atom stereocenters. The van der Waals surface area contributed by atoms with Gasteiger partial charge < -0.3 is 15.2 Å². The van der Waals surface area contributed by atoms with Crippen LogP contribution in [0.1, 0.15) is 11.1 Å². The Balaban J connectivity index is 0.000000448. The summed E-state index contributed by atoms with van der Waals surface area (Å²) in [7, 11) is -4.43. The number of benzene rings is 4. The van der Waals surface area contributed by atoms with Gasteiger partial charge in [-0.3, -0.25) is 4.55 Å². The summed E-state index contributed by atoms with van der Waals surface area (Å²) in [6.07, 6.45) is -5.08. The number of halogens is 3. The van der Waals surface area contributed by atoms with Crippen molar-refractivity contribution in [3.63, 3.8) is 0 Å². The van der Waals surface area contributed by atoms with Gasteiger partial charge in [-0.15, -0.1) is 0 Å². The number of carboxylic acid groups (broad SMARTS) is 1. The zero-order valence-corrected chi connectivity index (χ0v) is 21.2. The van der Waals surface area contributed by atoms with E-state index in [1.54, 1.807) is 12.1 Å². The van der Waals surface area contributed by atoms with E-state index >= 15 is 0 Å². The van der Waals surface area contributed by atoms with E-state index in [1.165, 1.54) is 17.2 Å². The molecule has 1 heterocycles. The number of aromatic nitrogens is 2. The van der Waals surface area contributed by atoms with Crippen molar-refractivity contribution < 1.29 is 41.1 Å². The number of alkyl halides is 3. The average molecular weight is 559 g/mol. The molecule has 8 nitrogen and oxygen atoms in total. The van der Waals surface area contributed by atoms with Crippen LogP contribution in [0.4, 0.5) is 13.2 Å². The number of carboxylic acids is 1. The fraction of sp³-hybridized carbons (Fsp3) is 0.111. The molecule has 202 valence electrons. The van der Waals surface area contributed by atoms with E-state index in [2.05, 4.69) is 42.0 Å². The lowest BCUT2D eigenvalue weighted by molar-refractivity contribution is -0.192. The highest BCUT2D eigenvalue weighted by atomic mass is 32.2. The molecule has 0 unspecified atom stereocenters. The quantitative estimate of drug-likeness (QED) is 0.192. The Hall–Kier alpha value is -4.42. The van der Waals surface area contributed by atoms with Crippen molar-refractivity contribution in [2.45, 2.75) is 24.9 Å². The number of hydrogen-bond acceptors (Lipinski definition) is 5. The minimum atomic E-state index is -5.08. The molecule has 0 aliphatic rings. The van der Waals surface area contributed by atoms with E-state index in [-0.39, 0.29) is 10.6 Å². The Bertz CT molecular complexity index is 1830. The van der Waals surface area contributed by atoms with Crippen molar-refractivity contribution in [3.8, 4) is 28.3 Å². The molecule has 4 aromatic carbocycles. The van der Waals surface area contributed by atoms with Gasteiger partial charge in [0.25, 0.3) is 10.1 Å². The molecular formula is C27H21F3N2O6S. The zero-order valence-electron chi connectivity index (χ0n) is 20.4. The van der Waals surface area contributed by atoms with Crippen molar-refractivity contribution >= 4 is 37.9 Å². The third-order valence-corrected chi connectivity index (χ3v) is 6.89. The van der Waals surface area contributed by atoms with Crippen LogP contribution in [0.3, 0.4) is 0 Å². The van der Waals surface area contributed by atoms with E-state index in [1.807, 2.05) is 24.3 Å². The van der Waals surface area contributed by atoms with Crippen molar-refractivity contribution in [2.75, 3.05) is 0 Å². The first-order valence-electron chi connectivity index (χ1n) is 11.3. The number of phenols is 1. The molecule has 0 aliphatic heterocycles. The van der Waals surface area contributed by atoms with Crippen molar-refractivity contribution in [3.05, 3.63) is 77.9 Å². The van der Waals surface area contributed by atoms with E-state index in [0.717, 1.165) is 22.8 Å². The summed E-state index contributed by atoms with van der Waals surface area (Å²) < 4.78 is 64.0. The Morgan fingerprint density at radius 3 is 2.03 bits per heavy atom. The van der Waals surface area contributed by atoms with Gasteiger partial charge >= 0.3 is 12.1 Å². The Morgan fingerprint density at radius 1 is 0.872 bits per heavy atom. The number of aromatic amines is 1. The second-order valence-corrected chi connectivity index (χ2v) is 10.2. The largest absolute Gasteiger partial charge is 0.507 e. The molecular weight excluding hydrogens is 537 g/mol. The number of carbonyl (C=O) groups is 1. The molecule has 0 fully saturated rings. The van der Waals surface area contributed by atoms with Crippen LogP contribution in [0.25, 0.3) is 44.3 Å². The number of hydrogen-bond donors (Lipinski definition) is 4. The lowest BCUT2D eigenvalue weighted by Gasteiger charge is -2.06. The molecule has 5 rings (SSSR count). The highest BCUT2D eigenvalue weighted by molar-refractivity contribution is 7.85. The summed E-state index contributed by atoms with van der Waals surface area (Å²) in [6.45, 7) is 4.19. The molecule has 0 bridgehead atoms. The number of aliphatic carboxylic acids is 1. The first-order chi connectivity index (χ1) is 18.1. The number of phenolic OH excluding ortho intramolecular Hbond substituents is 1. The maximum absolute atomic E-state index is 11.5. The van der Waals surface area contributed by atoms with Crippen LogP contribution >= 0.6 is 0 Å². The predicted octanol–water partition coefficient (Wildman–Crippen LogP) is 6.25. The fourth-order valence-electron chi connectivity index (χ4n) is 3.91. The van der Waals surface area contributed by atoms with Crippen LogP contribution in [0.2, 0.25) is 0 Å². The smallest absolute Gasteiger partial charge is 0.490 e. The molecule has 39 heavy (non-hydrogen) atoms. The number of rotatable bonds is 3. The van der Waals surface area contributed by atoms with Crippen molar-refractivity contribution in [2.24, 2.45) is 0 Å². The first-order valence-corrected chi connectivity index (χ1v) is 12.7. The fourth-order valence-corrected chi connectivity index (χ4v) is 4.45. The summed E-state index contributed by atoms with van der Waals surface area (Å²) >= 11 is 0. The zero-order chi connectivity index (χ0) is 28.7. The SMILES string of the molecule is Cc1ccc(-c2ccc(-c3nc4c(ccc5cc(S(=O)(=O)O)cc(O)c54)[nH]3)cc2)cc1C.O=C(O)C(F)(F)F. The molecule has 0 amide bonds. The summed E-state index contributed by atoms with van der Waals surface area (Å²) in [5.41, 5.74) is 6.87. The van der Waals surface area contributed by atoms with Gasteiger partial charge in [0.15, 0.2) is 0 Å². The summed E-state index contributed by atoms with van der Waals surface area (Å²) in [5.74, 6) is -2.38. The number of fused-ring (bicyclic) bond motifs is 3. The Morgan fingerprint density at radius 2 is 1.46 bits per heavy atom. The van der Waals surface area contributed by atoms with Crippen molar-refractivity contribution in [1.82, 2.24) is 9.97 Å². The summed E-state index contributed by atoms with van der Waals surface area (Å²) in [4.78, 5) is 16.5. The molecule has 5 aromatic rings. The van der Waals surface area contributed by atoms with Gasteiger partial charge in [0, 0.05) is 11.6 Å². The lowest BCUT2D eigenvalue weighted by atomic mass is 9.99. The van der Waals surface area contributed by atoms with Gasteiger partial charge in [0.1, 0.15) is 17.1 Å². The maximum atomic E-state index is 11.5. The van der Waals surface area contributed by atoms with Gasteiger partial charge in [0.05, 0.1) is 15.8 Å². The maximum Gasteiger partial charge on any atom is 0.490 e. The molecule has 0 radical (unpaired) electrons. The highest BCUT2D eigenvalue weighted by Crippen LogP contribution is 2.35. The van der Waals surface area contributed by atoms with E-state index in [4.69, 9.17) is 9.90 Å². The highest BCUT2D eigenvalue weighted by Gasteiger charge is 2.38. The van der Waals surface area contributed by atoms with Gasteiger partial charge in [0.2, 0.25) is 0 Å². The van der Waals surface area contributed by atoms with E-state index < -0.39 is 22.3 Å². The molecule has 4 N–H and O–H groups in total. The van der Waals surface area contributed by atoms with Crippen LogP contribution in [0.5, 0.6) is 5.75 Å². The lowest BCUT2D eigenvalue weighted by Crippen LogP contribution is -2.21. The summed E-state index contributed by atoms with van der Waals surface area (Å²) in [5, 5.41) is 18.5. The molecule has 12 heteroatoms. The first kappa shape index (κ1) is 27.6. The van der Waals surface area contributed by atoms with Crippen LogP contribution < -0.4 is 0 Å². The van der Waals surface area contributed by atoms with Gasteiger partial charge in [-0.1, -0.05) is 48.5 Å². The average Bonchev–Trinajstić information content (AvgIpc) is 3.29. The van der Waals surface area contributed by atoms with E-state index in [0.29, 0.717) is 27.6 Å². The predicted molar refractivity (Wildman–Crippen MR) is 139 cm³/mol. The van der Waals surface area contributed by atoms with Crippen LogP contribution in [0, 0.1) is 13.8 Å². The van der Waals surface area contributed by atoms with E-state index in [9.17, 15) is 31.2 Å². The second kappa shape index (κ2) is 10.0. The molecule has 0 spiro atoms. The minimum Gasteiger partial charge on any atom is -0.507 e. The number of imidazole rings is 1. The number of aryl methyl sites for hydroxylation is 2. The number of aromatic hydroxyl groups is 1.